The minimum atomic E-state index is -0.614. The minimum Gasteiger partial charge on any atom is -0.399 e. The van der Waals surface area contributed by atoms with Gasteiger partial charge in [0, 0.05) is 24.2 Å². The number of anilines is 1. The molecule has 0 spiro atoms. The van der Waals surface area contributed by atoms with E-state index >= 15 is 0 Å². The maximum absolute atomic E-state index is 13.0. The van der Waals surface area contributed by atoms with Gasteiger partial charge in [0.15, 0.2) is 5.78 Å². The van der Waals surface area contributed by atoms with Gasteiger partial charge in [-0.2, -0.15) is 0 Å². The number of carbonyl (C=O) groups excluding carboxylic acids is 3. The Kier molecular flexibility index (Phi) is 11.5. The molecule has 2 amide bonds. The van der Waals surface area contributed by atoms with E-state index in [1.54, 1.807) is 24.3 Å². The maximum Gasteiger partial charge on any atom is 0.251 e. The molecular formula is C31H37N3O4. The van der Waals surface area contributed by atoms with Crippen molar-refractivity contribution in [1.29, 1.82) is 0 Å². The van der Waals surface area contributed by atoms with Gasteiger partial charge in [0.25, 0.3) is 5.91 Å². The summed E-state index contributed by atoms with van der Waals surface area (Å²) in [4.78, 5) is 37.7. The summed E-state index contributed by atoms with van der Waals surface area (Å²) in [5.41, 5.74) is 8.89. The van der Waals surface area contributed by atoms with E-state index in [1.807, 2.05) is 67.6 Å². The second kappa shape index (κ2) is 15.3. The molecule has 0 aromatic heterocycles. The van der Waals surface area contributed by atoms with Crippen LogP contribution in [0.2, 0.25) is 0 Å². The fourth-order valence-corrected chi connectivity index (χ4v) is 3.97. The zero-order valence-corrected chi connectivity index (χ0v) is 21.9. The van der Waals surface area contributed by atoms with E-state index in [2.05, 4.69) is 10.6 Å². The van der Waals surface area contributed by atoms with Crippen molar-refractivity contribution in [2.45, 2.75) is 45.3 Å². The summed E-state index contributed by atoms with van der Waals surface area (Å²) in [6.45, 7) is 2.66. The van der Waals surface area contributed by atoms with E-state index in [4.69, 9.17) is 10.5 Å². The van der Waals surface area contributed by atoms with Crippen molar-refractivity contribution in [1.82, 2.24) is 10.6 Å². The van der Waals surface area contributed by atoms with Crippen LogP contribution in [0.3, 0.4) is 0 Å². The zero-order chi connectivity index (χ0) is 27.2. The smallest absolute Gasteiger partial charge is 0.251 e. The number of aryl methyl sites for hydroxylation is 1. The number of hydrogen-bond donors (Lipinski definition) is 3. The van der Waals surface area contributed by atoms with Gasteiger partial charge in [0.2, 0.25) is 5.91 Å². The molecule has 3 aromatic carbocycles. The van der Waals surface area contributed by atoms with Crippen LogP contribution in [0.4, 0.5) is 5.69 Å². The molecule has 4 N–H and O–H groups in total. The molecule has 2 atom stereocenters. The highest BCUT2D eigenvalue weighted by molar-refractivity contribution is 5.95. The summed E-state index contributed by atoms with van der Waals surface area (Å²) in [7, 11) is 0. The van der Waals surface area contributed by atoms with Crippen molar-refractivity contribution in [3.8, 4) is 0 Å². The summed E-state index contributed by atoms with van der Waals surface area (Å²) < 4.78 is 5.99. The van der Waals surface area contributed by atoms with Crippen LogP contribution in [-0.2, 0) is 27.4 Å². The molecule has 0 heterocycles. The molecular weight excluding hydrogens is 478 g/mol. The first-order chi connectivity index (χ1) is 18.4. The van der Waals surface area contributed by atoms with Gasteiger partial charge in [-0.25, -0.2) is 0 Å². The second-order valence-corrected chi connectivity index (χ2v) is 9.53. The summed E-state index contributed by atoms with van der Waals surface area (Å²) in [5, 5.41) is 5.61. The van der Waals surface area contributed by atoms with Crippen LogP contribution >= 0.6 is 0 Å². The number of benzene rings is 3. The fourth-order valence-electron chi connectivity index (χ4n) is 3.97. The molecule has 200 valence electrons. The molecule has 0 radical (unpaired) electrons. The van der Waals surface area contributed by atoms with Crippen LogP contribution in [0.5, 0.6) is 0 Å². The van der Waals surface area contributed by atoms with E-state index in [9.17, 15) is 14.4 Å². The van der Waals surface area contributed by atoms with Crippen LogP contribution in [0, 0.1) is 5.92 Å². The van der Waals surface area contributed by atoms with Crippen molar-refractivity contribution in [2.75, 3.05) is 18.8 Å². The highest BCUT2D eigenvalue weighted by Crippen LogP contribution is 2.12. The van der Waals surface area contributed by atoms with Gasteiger partial charge in [-0.05, 0) is 54.5 Å². The summed E-state index contributed by atoms with van der Waals surface area (Å²) in [6.07, 6.45) is 1.48. The molecule has 0 aliphatic carbocycles. The lowest BCUT2D eigenvalue weighted by Crippen LogP contribution is -2.37. The fraction of sp³-hybridized carbons (Fsp3) is 0.323. The average molecular weight is 516 g/mol. The van der Waals surface area contributed by atoms with Crippen molar-refractivity contribution in [3.05, 3.63) is 102 Å². The molecule has 0 bridgehead atoms. The Labute approximate surface area is 224 Å². The molecule has 7 heteroatoms. The molecule has 0 saturated heterocycles. The van der Waals surface area contributed by atoms with Crippen LogP contribution < -0.4 is 16.4 Å². The van der Waals surface area contributed by atoms with Crippen LogP contribution in [0.1, 0.15) is 47.7 Å². The quantitative estimate of drug-likeness (QED) is 0.261. The summed E-state index contributed by atoms with van der Waals surface area (Å²) in [6, 6.07) is 26.5. The van der Waals surface area contributed by atoms with Crippen LogP contribution in [0.15, 0.2) is 84.9 Å². The van der Waals surface area contributed by atoms with Gasteiger partial charge in [-0.3, -0.25) is 14.4 Å². The average Bonchev–Trinajstić information content (AvgIpc) is 2.94. The van der Waals surface area contributed by atoms with Crippen molar-refractivity contribution in [2.24, 2.45) is 5.92 Å². The van der Waals surface area contributed by atoms with Gasteiger partial charge < -0.3 is 21.1 Å². The van der Waals surface area contributed by atoms with Crippen molar-refractivity contribution >= 4 is 23.3 Å². The Bertz CT molecular complexity index is 1120. The van der Waals surface area contributed by atoms with E-state index < -0.39 is 6.10 Å². The van der Waals surface area contributed by atoms with E-state index in [0.717, 1.165) is 11.1 Å². The monoisotopic (exact) mass is 515 g/mol. The number of amides is 2. The van der Waals surface area contributed by atoms with Crippen LogP contribution in [-0.4, -0.2) is 36.8 Å². The van der Waals surface area contributed by atoms with Gasteiger partial charge in [0.1, 0.15) is 6.10 Å². The lowest BCUT2D eigenvalue weighted by Gasteiger charge is -2.18. The number of nitrogens with one attached hydrogen (secondary N) is 2. The molecule has 3 aromatic rings. The number of ketones is 1. The number of nitrogens with two attached hydrogens (primary N) is 1. The number of Topliss-reactive ketones (excluding diaryl/α,β-unsaturated/α-hetero) is 1. The predicted molar refractivity (Wildman–Crippen MR) is 149 cm³/mol. The van der Waals surface area contributed by atoms with Gasteiger partial charge >= 0.3 is 0 Å². The Morgan fingerprint density at radius 3 is 2.21 bits per heavy atom. The van der Waals surface area contributed by atoms with E-state index in [-0.39, 0.29) is 36.5 Å². The largest absolute Gasteiger partial charge is 0.399 e. The SMILES string of the molecule is CC(CCC(=O)NCC(=O)C(CCc1ccccc1)OCc1ccccc1)CNC(=O)c1cccc(N)c1. The highest BCUT2D eigenvalue weighted by atomic mass is 16.5. The van der Waals surface area contributed by atoms with Crippen molar-refractivity contribution in [3.63, 3.8) is 0 Å². The lowest BCUT2D eigenvalue weighted by atomic mass is 10.0. The normalized spacial score (nSPS) is 12.3. The second-order valence-electron chi connectivity index (χ2n) is 9.53. The van der Waals surface area contributed by atoms with Gasteiger partial charge in [0.05, 0.1) is 13.2 Å². The van der Waals surface area contributed by atoms with Gasteiger partial charge in [-0.15, -0.1) is 0 Å². The zero-order valence-electron chi connectivity index (χ0n) is 21.9. The molecule has 2 unspecified atom stereocenters. The predicted octanol–water partition coefficient (Wildman–Crippen LogP) is 4.32. The number of rotatable bonds is 15. The Balaban J connectivity index is 1.42. The first-order valence-corrected chi connectivity index (χ1v) is 13.0. The Morgan fingerprint density at radius 1 is 0.842 bits per heavy atom. The Morgan fingerprint density at radius 2 is 1.53 bits per heavy atom. The standard InChI is InChI=1S/C31H37N3O4/c1-23(20-34-31(37)26-13-8-14-27(32)19-26)15-18-30(36)33-21-28(35)29(17-16-24-9-4-2-5-10-24)38-22-25-11-6-3-7-12-25/h2-14,19,23,29H,15-18,20-22,32H2,1H3,(H,33,36)(H,34,37). The first-order valence-electron chi connectivity index (χ1n) is 13.0. The highest BCUT2D eigenvalue weighted by Gasteiger charge is 2.20. The molecule has 0 fully saturated rings. The van der Waals surface area contributed by atoms with Crippen LogP contribution in [0.25, 0.3) is 0 Å². The third kappa shape index (κ3) is 10.2. The molecule has 38 heavy (non-hydrogen) atoms. The molecule has 0 saturated carbocycles. The summed E-state index contributed by atoms with van der Waals surface area (Å²) >= 11 is 0. The molecule has 3 rings (SSSR count). The third-order valence-electron chi connectivity index (χ3n) is 6.28. The number of hydrogen-bond acceptors (Lipinski definition) is 5. The third-order valence-corrected chi connectivity index (χ3v) is 6.28. The lowest BCUT2D eigenvalue weighted by molar-refractivity contribution is -0.133. The first kappa shape index (κ1) is 28.6. The van der Waals surface area contributed by atoms with Gasteiger partial charge in [-0.1, -0.05) is 73.7 Å². The molecule has 0 aliphatic rings. The van der Waals surface area contributed by atoms with E-state index in [1.165, 1.54) is 0 Å². The Hall–Kier alpha value is -3.97. The summed E-state index contributed by atoms with van der Waals surface area (Å²) in [5.74, 6) is -0.449. The maximum atomic E-state index is 13.0. The van der Waals surface area contributed by atoms with Crippen molar-refractivity contribution < 1.29 is 19.1 Å². The number of nitrogen functional groups attached to an aromatic ring is 1. The number of ether oxygens (including phenoxy) is 1. The molecule has 0 aliphatic heterocycles. The topological polar surface area (TPSA) is 111 Å². The molecule has 7 nitrogen and oxygen atoms in total. The van der Waals surface area contributed by atoms with E-state index in [0.29, 0.717) is 43.7 Å². The minimum absolute atomic E-state index is 0.0758. The number of carbonyl (C=O) groups is 3.